The van der Waals surface area contributed by atoms with E-state index in [0.717, 1.165) is 5.69 Å². The van der Waals surface area contributed by atoms with Crippen LogP contribution in [0.1, 0.15) is 0 Å². The highest BCUT2D eigenvalue weighted by Crippen LogP contribution is 2.26. The molecule has 0 aliphatic carbocycles. The van der Waals surface area contributed by atoms with Crippen LogP contribution < -0.4 is 16.2 Å². The molecule has 0 radical (unpaired) electrons. The number of ether oxygens (including phenoxy) is 2. The van der Waals surface area contributed by atoms with Gasteiger partial charge in [-0.3, -0.25) is 0 Å². The molecule has 7 N–H and O–H groups in total. The van der Waals surface area contributed by atoms with Crippen molar-refractivity contribution in [2.45, 2.75) is 12.2 Å². The Hall–Kier alpha value is -2.90. The van der Waals surface area contributed by atoms with Crippen LogP contribution in [-0.2, 0) is 4.74 Å². The van der Waals surface area contributed by atoms with Crippen molar-refractivity contribution < 1.29 is 24.8 Å². The molecule has 0 fully saturated rings. The lowest BCUT2D eigenvalue weighted by molar-refractivity contribution is -0.0180. The Morgan fingerprint density at radius 1 is 0.958 bits per heavy atom. The molecule has 0 saturated carbocycles. The van der Waals surface area contributed by atoms with Crippen molar-refractivity contribution in [2.75, 3.05) is 18.1 Å². The van der Waals surface area contributed by atoms with Gasteiger partial charge in [0.05, 0.1) is 6.61 Å². The van der Waals surface area contributed by atoms with Gasteiger partial charge in [0.15, 0.2) is 12.2 Å². The molecule has 1 aliphatic heterocycles. The molecule has 0 spiro atoms. The molecular formula is C17H20N2O5. The van der Waals surface area contributed by atoms with E-state index in [4.69, 9.17) is 26.0 Å². The topological polar surface area (TPSA) is 131 Å². The fourth-order valence-corrected chi connectivity index (χ4v) is 1.87. The van der Waals surface area contributed by atoms with Gasteiger partial charge in [0.25, 0.3) is 0 Å². The zero-order valence-electron chi connectivity index (χ0n) is 12.9. The van der Waals surface area contributed by atoms with Crippen LogP contribution in [0.4, 0.5) is 11.4 Å². The van der Waals surface area contributed by atoms with Crippen LogP contribution in [0, 0.1) is 0 Å². The van der Waals surface area contributed by atoms with Crippen LogP contribution in [0.5, 0.6) is 5.75 Å². The fourth-order valence-electron chi connectivity index (χ4n) is 1.87. The Morgan fingerprint density at radius 3 is 2.00 bits per heavy atom. The first kappa shape index (κ1) is 17.5. The van der Waals surface area contributed by atoms with Crippen LogP contribution in [0.25, 0.3) is 0 Å². The van der Waals surface area contributed by atoms with Crippen molar-refractivity contribution >= 4 is 11.4 Å². The van der Waals surface area contributed by atoms with E-state index in [0.29, 0.717) is 11.4 Å². The zero-order valence-corrected chi connectivity index (χ0v) is 12.9. The number of anilines is 2. The molecule has 1 heterocycles. The maximum absolute atomic E-state index is 9.52. The molecule has 7 nitrogen and oxygen atoms in total. The third kappa shape index (κ3) is 4.55. The molecule has 1 aliphatic rings. The largest absolute Gasteiger partial charge is 0.504 e. The van der Waals surface area contributed by atoms with Gasteiger partial charge in [0.1, 0.15) is 5.75 Å². The second-order valence-corrected chi connectivity index (χ2v) is 5.04. The van der Waals surface area contributed by atoms with Gasteiger partial charge < -0.3 is 36.3 Å². The zero-order chi connectivity index (χ0) is 17.5. The Bertz CT molecular complexity index is 673. The quantitative estimate of drug-likeness (QED) is 0.537. The summed E-state index contributed by atoms with van der Waals surface area (Å²) in [6.45, 7) is -0.417. The molecule has 2 aromatic rings. The van der Waals surface area contributed by atoms with E-state index in [9.17, 15) is 10.2 Å². The summed E-state index contributed by atoms with van der Waals surface area (Å²) in [5, 5.41) is 27.9. The monoisotopic (exact) mass is 332 g/mol. The summed E-state index contributed by atoms with van der Waals surface area (Å²) < 4.78 is 10.3. The second-order valence-electron chi connectivity index (χ2n) is 5.04. The predicted octanol–water partition coefficient (Wildman–Crippen LogP) is 1.40. The van der Waals surface area contributed by atoms with Crippen LogP contribution in [0.3, 0.4) is 0 Å². The molecule has 24 heavy (non-hydrogen) atoms. The van der Waals surface area contributed by atoms with Gasteiger partial charge in [0, 0.05) is 11.4 Å². The third-order valence-corrected chi connectivity index (χ3v) is 3.17. The van der Waals surface area contributed by atoms with Gasteiger partial charge in [-0.15, -0.1) is 0 Å². The highest BCUT2D eigenvalue weighted by atomic mass is 16.7. The molecule has 0 unspecified atom stereocenters. The molecule has 0 amide bonds. The molecule has 2 aromatic carbocycles. The molecule has 0 aromatic heterocycles. The predicted molar refractivity (Wildman–Crippen MR) is 90.0 cm³/mol. The minimum Gasteiger partial charge on any atom is -0.504 e. The smallest absolute Gasteiger partial charge is 0.327 e. The summed E-state index contributed by atoms with van der Waals surface area (Å²) >= 11 is 0. The lowest BCUT2D eigenvalue weighted by Gasteiger charge is -2.11. The van der Waals surface area contributed by atoms with Gasteiger partial charge in [-0.25, -0.2) is 0 Å². The van der Waals surface area contributed by atoms with Gasteiger partial charge in [-0.2, -0.15) is 0 Å². The number of hydrogen-bond donors (Lipinski definition) is 5. The summed E-state index contributed by atoms with van der Waals surface area (Å²) in [5.74, 6) is -0.228. The number of aliphatic hydroxyl groups excluding tert-OH is 3. The number of nitrogens with two attached hydrogens (primary N) is 2. The van der Waals surface area contributed by atoms with E-state index in [2.05, 4.69) is 0 Å². The van der Waals surface area contributed by atoms with Gasteiger partial charge in [-0.1, -0.05) is 18.2 Å². The number of nitrogen functional groups attached to an aromatic ring is 2. The maximum Gasteiger partial charge on any atom is 0.327 e. The summed E-state index contributed by atoms with van der Waals surface area (Å²) in [6, 6.07) is 15.9. The molecule has 3 rings (SSSR count). The van der Waals surface area contributed by atoms with E-state index in [-0.39, 0.29) is 5.95 Å². The second kappa shape index (κ2) is 8.09. The lowest BCUT2D eigenvalue weighted by atomic mass is 10.2. The Kier molecular flexibility index (Phi) is 5.89. The minimum atomic E-state index is -1.27. The molecular weight excluding hydrogens is 312 g/mol. The van der Waals surface area contributed by atoms with Crippen molar-refractivity contribution in [3.8, 4) is 5.75 Å². The summed E-state index contributed by atoms with van der Waals surface area (Å²) in [5.41, 5.74) is 12.3. The average molecular weight is 332 g/mol. The van der Waals surface area contributed by atoms with E-state index in [1.54, 1.807) is 24.3 Å². The number of para-hydroxylation sites is 1. The van der Waals surface area contributed by atoms with E-state index in [1.807, 2.05) is 30.3 Å². The highest BCUT2D eigenvalue weighted by molar-refractivity contribution is 5.42. The number of benzene rings is 2. The average Bonchev–Trinajstić information content (AvgIpc) is 2.86. The summed E-state index contributed by atoms with van der Waals surface area (Å²) in [4.78, 5) is 0. The summed E-state index contributed by atoms with van der Waals surface area (Å²) in [6.07, 6.45) is -2.18. The van der Waals surface area contributed by atoms with Gasteiger partial charge in [-0.05, 0) is 36.4 Å². The SMILES string of the molecule is Nc1ccc(OC2=C(O)[C@@H](O)[C@@H](CO)O2)cc1.Nc1ccccc1. The van der Waals surface area contributed by atoms with Gasteiger partial charge >= 0.3 is 5.95 Å². The van der Waals surface area contributed by atoms with Crippen molar-refractivity contribution in [1.82, 2.24) is 0 Å². The summed E-state index contributed by atoms with van der Waals surface area (Å²) in [7, 11) is 0. The fraction of sp³-hybridized carbons (Fsp3) is 0.176. The number of hydrogen-bond acceptors (Lipinski definition) is 7. The lowest BCUT2D eigenvalue weighted by Crippen LogP contribution is -2.27. The van der Waals surface area contributed by atoms with Crippen LogP contribution >= 0.6 is 0 Å². The Labute approximate surface area is 139 Å². The molecule has 0 saturated heterocycles. The van der Waals surface area contributed by atoms with E-state index in [1.165, 1.54) is 0 Å². The first-order valence-electron chi connectivity index (χ1n) is 7.24. The van der Waals surface area contributed by atoms with Crippen molar-refractivity contribution in [2.24, 2.45) is 0 Å². The Morgan fingerprint density at radius 2 is 1.54 bits per heavy atom. The van der Waals surface area contributed by atoms with Crippen LogP contribution in [-0.4, -0.2) is 34.1 Å². The van der Waals surface area contributed by atoms with Gasteiger partial charge in [0.2, 0.25) is 5.76 Å². The molecule has 128 valence electrons. The van der Waals surface area contributed by atoms with Crippen molar-refractivity contribution in [3.05, 3.63) is 66.3 Å². The van der Waals surface area contributed by atoms with Crippen LogP contribution in [0.2, 0.25) is 0 Å². The number of aliphatic hydroxyl groups is 3. The van der Waals surface area contributed by atoms with Crippen molar-refractivity contribution in [1.29, 1.82) is 0 Å². The first-order chi connectivity index (χ1) is 11.5. The Balaban J connectivity index is 0.000000249. The van der Waals surface area contributed by atoms with Crippen molar-refractivity contribution in [3.63, 3.8) is 0 Å². The highest BCUT2D eigenvalue weighted by Gasteiger charge is 2.36. The van der Waals surface area contributed by atoms with E-state index >= 15 is 0 Å². The third-order valence-electron chi connectivity index (χ3n) is 3.17. The normalized spacial score (nSPS) is 19.2. The first-order valence-corrected chi connectivity index (χ1v) is 7.24. The van der Waals surface area contributed by atoms with Crippen LogP contribution in [0.15, 0.2) is 66.3 Å². The molecule has 2 atom stereocenters. The standard InChI is InChI=1S/C11H13NO5.C6H7N/c12-6-1-3-7(4-2-6)16-11-10(15)9(14)8(5-13)17-11;7-6-4-2-1-3-5-6/h1-4,8-9,13-15H,5,12H2;1-5H,7H2/t8-,9+;/m1./s1. The minimum absolute atomic E-state index is 0.207. The maximum atomic E-state index is 9.52. The molecule has 7 heteroatoms. The molecule has 0 bridgehead atoms. The number of rotatable bonds is 3. The van der Waals surface area contributed by atoms with E-state index < -0.39 is 24.6 Å².